The molecule has 3 amide bonds. The Morgan fingerprint density at radius 2 is 1.50 bits per heavy atom. The van der Waals surface area contributed by atoms with Gasteiger partial charge in [0.2, 0.25) is 0 Å². The second-order valence-electron chi connectivity index (χ2n) is 7.19. The Labute approximate surface area is 174 Å². The van der Waals surface area contributed by atoms with Crippen molar-refractivity contribution in [3.8, 4) is 5.75 Å². The first-order valence-corrected chi connectivity index (χ1v) is 9.60. The lowest BCUT2D eigenvalue weighted by atomic mass is 10.1. The standard InChI is InChI=1S/C24H20N2O4/c1-15(2)30-19-7-5-6-16(14-19)22(27)25-17-10-12-18(13-11-17)26-23(28)20-8-3-4-9-21(20)24(26)29/h3-15H,1-2H3,(H,25,27). The summed E-state index contributed by atoms with van der Waals surface area (Å²) in [6, 6.07) is 20.3. The SMILES string of the molecule is CC(C)Oc1cccc(C(=O)Nc2ccc(N3C(=O)c4ccccc4C3=O)cc2)c1. The molecule has 1 aliphatic rings. The smallest absolute Gasteiger partial charge is 0.266 e. The van der Waals surface area contributed by atoms with Gasteiger partial charge in [-0.25, -0.2) is 4.90 Å². The van der Waals surface area contributed by atoms with Gasteiger partial charge in [0.15, 0.2) is 0 Å². The molecular formula is C24H20N2O4. The van der Waals surface area contributed by atoms with Crippen LogP contribution in [0.4, 0.5) is 11.4 Å². The molecule has 0 unspecified atom stereocenters. The van der Waals surface area contributed by atoms with Crippen LogP contribution >= 0.6 is 0 Å². The van der Waals surface area contributed by atoms with Crippen LogP contribution in [0.3, 0.4) is 0 Å². The number of amides is 3. The Hall–Kier alpha value is -3.93. The minimum absolute atomic E-state index is 0.0120. The molecule has 6 heteroatoms. The molecule has 0 atom stereocenters. The number of hydrogen-bond donors (Lipinski definition) is 1. The van der Waals surface area contributed by atoms with Crippen molar-refractivity contribution in [2.45, 2.75) is 20.0 Å². The summed E-state index contributed by atoms with van der Waals surface area (Å²) in [7, 11) is 0. The van der Waals surface area contributed by atoms with E-state index in [1.54, 1.807) is 72.8 Å². The van der Waals surface area contributed by atoms with Crippen molar-refractivity contribution < 1.29 is 19.1 Å². The first kappa shape index (κ1) is 19.4. The average Bonchev–Trinajstić information content (AvgIpc) is 2.99. The highest BCUT2D eigenvalue weighted by atomic mass is 16.5. The minimum Gasteiger partial charge on any atom is -0.491 e. The normalized spacial score (nSPS) is 12.8. The molecule has 0 spiro atoms. The lowest BCUT2D eigenvalue weighted by Gasteiger charge is -2.15. The fourth-order valence-electron chi connectivity index (χ4n) is 3.30. The molecule has 0 bridgehead atoms. The maximum Gasteiger partial charge on any atom is 0.266 e. The zero-order valence-electron chi connectivity index (χ0n) is 16.6. The number of ether oxygens (including phenoxy) is 1. The highest BCUT2D eigenvalue weighted by Gasteiger charge is 2.36. The largest absolute Gasteiger partial charge is 0.491 e. The summed E-state index contributed by atoms with van der Waals surface area (Å²) in [4.78, 5) is 38.9. The molecule has 30 heavy (non-hydrogen) atoms. The second kappa shape index (κ2) is 7.83. The number of fused-ring (bicyclic) bond motifs is 1. The summed E-state index contributed by atoms with van der Waals surface area (Å²) >= 11 is 0. The predicted molar refractivity (Wildman–Crippen MR) is 114 cm³/mol. The summed E-state index contributed by atoms with van der Waals surface area (Å²) < 4.78 is 5.63. The Balaban J connectivity index is 1.49. The number of hydrogen-bond acceptors (Lipinski definition) is 4. The molecule has 1 aliphatic heterocycles. The zero-order valence-corrected chi connectivity index (χ0v) is 16.6. The summed E-state index contributed by atoms with van der Waals surface area (Å²) in [5.41, 5.74) is 2.26. The van der Waals surface area contributed by atoms with E-state index in [-0.39, 0.29) is 23.8 Å². The van der Waals surface area contributed by atoms with Crippen LogP contribution in [0.2, 0.25) is 0 Å². The van der Waals surface area contributed by atoms with E-state index in [1.165, 1.54) is 0 Å². The molecule has 1 N–H and O–H groups in total. The van der Waals surface area contributed by atoms with E-state index >= 15 is 0 Å². The van der Waals surface area contributed by atoms with E-state index in [0.717, 1.165) is 4.90 Å². The maximum atomic E-state index is 12.6. The van der Waals surface area contributed by atoms with Crippen LogP contribution < -0.4 is 15.0 Å². The predicted octanol–water partition coefficient (Wildman–Crippen LogP) is 4.53. The van der Waals surface area contributed by atoms with Gasteiger partial charge in [-0.15, -0.1) is 0 Å². The van der Waals surface area contributed by atoms with Crippen molar-refractivity contribution in [3.63, 3.8) is 0 Å². The number of rotatable bonds is 5. The third kappa shape index (κ3) is 3.67. The van der Waals surface area contributed by atoms with Gasteiger partial charge in [-0.3, -0.25) is 14.4 Å². The van der Waals surface area contributed by atoms with E-state index in [9.17, 15) is 14.4 Å². The van der Waals surface area contributed by atoms with Crippen LogP contribution in [0.1, 0.15) is 44.9 Å². The number of anilines is 2. The van der Waals surface area contributed by atoms with Gasteiger partial charge in [0.25, 0.3) is 17.7 Å². The Kier molecular flexibility index (Phi) is 5.06. The molecule has 0 fully saturated rings. The van der Waals surface area contributed by atoms with Gasteiger partial charge in [0, 0.05) is 11.3 Å². The highest BCUT2D eigenvalue weighted by Crippen LogP contribution is 2.29. The number of nitrogens with one attached hydrogen (secondary N) is 1. The molecule has 3 aromatic rings. The summed E-state index contributed by atoms with van der Waals surface area (Å²) in [5, 5.41) is 2.81. The van der Waals surface area contributed by atoms with Crippen molar-refractivity contribution in [1.82, 2.24) is 0 Å². The fourth-order valence-corrected chi connectivity index (χ4v) is 3.30. The van der Waals surface area contributed by atoms with Gasteiger partial charge >= 0.3 is 0 Å². The monoisotopic (exact) mass is 400 g/mol. The Morgan fingerprint density at radius 1 is 0.867 bits per heavy atom. The van der Waals surface area contributed by atoms with Crippen molar-refractivity contribution in [1.29, 1.82) is 0 Å². The molecule has 0 aliphatic carbocycles. The lowest BCUT2D eigenvalue weighted by molar-refractivity contribution is 0.0924. The first-order valence-electron chi connectivity index (χ1n) is 9.60. The third-order valence-corrected chi connectivity index (χ3v) is 4.65. The quantitative estimate of drug-likeness (QED) is 0.639. The summed E-state index contributed by atoms with van der Waals surface area (Å²) in [6.07, 6.45) is 0.0120. The van der Waals surface area contributed by atoms with Crippen LogP contribution in [0.25, 0.3) is 0 Å². The average molecular weight is 400 g/mol. The van der Waals surface area contributed by atoms with Crippen LogP contribution in [-0.2, 0) is 0 Å². The fraction of sp³-hybridized carbons (Fsp3) is 0.125. The van der Waals surface area contributed by atoms with Crippen molar-refractivity contribution in [3.05, 3.63) is 89.5 Å². The number of benzene rings is 3. The van der Waals surface area contributed by atoms with Gasteiger partial charge in [-0.05, 0) is 68.4 Å². The second-order valence-corrected chi connectivity index (χ2v) is 7.19. The van der Waals surface area contributed by atoms with Gasteiger partial charge in [0.1, 0.15) is 5.75 Å². The molecule has 0 saturated carbocycles. The Bertz CT molecular complexity index is 1100. The van der Waals surface area contributed by atoms with Crippen LogP contribution in [0.5, 0.6) is 5.75 Å². The molecule has 4 rings (SSSR count). The molecule has 150 valence electrons. The van der Waals surface area contributed by atoms with E-state index in [4.69, 9.17) is 4.74 Å². The lowest BCUT2D eigenvalue weighted by Crippen LogP contribution is -2.29. The molecular weight excluding hydrogens is 380 g/mol. The van der Waals surface area contributed by atoms with Crippen LogP contribution in [-0.4, -0.2) is 23.8 Å². The topological polar surface area (TPSA) is 75.7 Å². The van der Waals surface area contributed by atoms with Gasteiger partial charge < -0.3 is 10.1 Å². The van der Waals surface area contributed by atoms with E-state index < -0.39 is 0 Å². The first-order chi connectivity index (χ1) is 14.4. The molecule has 0 radical (unpaired) electrons. The van der Waals surface area contributed by atoms with Crippen molar-refractivity contribution in [2.75, 3.05) is 10.2 Å². The molecule has 3 aromatic carbocycles. The van der Waals surface area contributed by atoms with Crippen LogP contribution in [0.15, 0.2) is 72.8 Å². The minimum atomic E-state index is -0.352. The highest BCUT2D eigenvalue weighted by molar-refractivity contribution is 6.34. The molecule has 0 saturated heterocycles. The number of nitrogens with zero attached hydrogens (tertiary/aromatic N) is 1. The maximum absolute atomic E-state index is 12.6. The van der Waals surface area contributed by atoms with E-state index in [2.05, 4.69) is 5.32 Å². The number of imide groups is 1. The van der Waals surface area contributed by atoms with Gasteiger partial charge in [-0.2, -0.15) is 0 Å². The summed E-state index contributed by atoms with van der Waals surface area (Å²) in [5.74, 6) is -0.361. The van der Waals surface area contributed by atoms with Gasteiger partial charge in [0.05, 0.1) is 22.9 Å². The van der Waals surface area contributed by atoms with E-state index in [1.807, 2.05) is 13.8 Å². The Morgan fingerprint density at radius 3 is 2.10 bits per heavy atom. The molecule has 0 aromatic heterocycles. The molecule has 1 heterocycles. The van der Waals surface area contributed by atoms with Gasteiger partial charge in [-0.1, -0.05) is 18.2 Å². The third-order valence-electron chi connectivity index (χ3n) is 4.65. The number of carbonyl (C=O) groups excluding carboxylic acids is 3. The summed E-state index contributed by atoms with van der Waals surface area (Å²) in [6.45, 7) is 3.84. The molecule has 6 nitrogen and oxygen atoms in total. The number of carbonyl (C=O) groups is 3. The van der Waals surface area contributed by atoms with Crippen molar-refractivity contribution in [2.24, 2.45) is 0 Å². The van der Waals surface area contributed by atoms with Crippen molar-refractivity contribution >= 4 is 29.1 Å². The van der Waals surface area contributed by atoms with E-state index in [0.29, 0.717) is 33.8 Å². The van der Waals surface area contributed by atoms with Crippen LogP contribution in [0, 0.1) is 0 Å². The zero-order chi connectivity index (χ0) is 21.3.